The van der Waals surface area contributed by atoms with Crippen LogP contribution in [0.5, 0.6) is 5.75 Å². The molecule has 1 aromatic rings. The van der Waals surface area contributed by atoms with Crippen LogP contribution in [0.4, 0.5) is 0 Å². The Morgan fingerprint density at radius 3 is 2.11 bits per heavy atom. The lowest BCUT2D eigenvalue weighted by atomic mass is 10.0. The maximum atomic E-state index is 13.2. The second kappa shape index (κ2) is 16.0. The van der Waals surface area contributed by atoms with Gasteiger partial charge in [-0.1, -0.05) is 12.1 Å². The first-order valence-electron chi connectivity index (χ1n) is 11.4. The van der Waals surface area contributed by atoms with E-state index in [4.69, 9.17) is 16.6 Å². The van der Waals surface area contributed by atoms with Crippen LogP contribution in [0.3, 0.4) is 0 Å². The highest BCUT2D eigenvalue weighted by Gasteiger charge is 2.29. The molecule has 35 heavy (non-hydrogen) atoms. The molecule has 0 aromatic heterocycles. The largest absolute Gasteiger partial charge is 0.508 e. The topological polar surface area (TPSA) is 197 Å². The molecule has 196 valence electrons. The Labute approximate surface area is 209 Å². The van der Waals surface area contributed by atoms with Crippen LogP contribution in [0.1, 0.15) is 38.2 Å². The molecule has 11 nitrogen and oxygen atoms in total. The van der Waals surface area contributed by atoms with Gasteiger partial charge in [-0.2, -0.15) is 11.8 Å². The van der Waals surface area contributed by atoms with Gasteiger partial charge in [0.15, 0.2) is 0 Å². The Morgan fingerprint density at radius 2 is 1.54 bits per heavy atom. The summed E-state index contributed by atoms with van der Waals surface area (Å²) in [6.07, 6.45) is 3.81. The second-order valence-electron chi connectivity index (χ2n) is 8.23. The Bertz CT molecular complexity index is 838. The molecule has 4 unspecified atom stereocenters. The van der Waals surface area contributed by atoms with Gasteiger partial charge in [0.25, 0.3) is 0 Å². The van der Waals surface area contributed by atoms with Gasteiger partial charge in [0.2, 0.25) is 17.7 Å². The van der Waals surface area contributed by atoms with Crippen LogP contribution in [-0.4, -0.2) is 76.6 Å². The molecule has 1 aromatic carbocycles. The summed E-state index contributed by atoms with van der Waals surface area (Å²) in [5.74, 6) is -2.23. The smallest absolute Gasteiger partial charge is 0.325 e. The van der Waals surface area contributed by atoms with Crippen LogP contribution in [0.2, 0.25) is 0 Å². The zero-order chi connectivity index (χ0) is 26.4. The molecule has 0 aliphatic carbocycles. The predicted molar refractivity (Wildman–Crippen MR) is 135 cm³/mol. The number of carbonyl (C=O) groups excluding carboxylic acids is 3. The number of rotatable bonds is 16. The average Bonchev–Trinajstić information content (AvgIpc) is 2.82. The van der Waals surface area contributed by atoms with Gasteiger partial charge in [0.1, 0.15) is 23.9 Å². The van der Waals surface area contributed by atoms with Gasteiger partial charge >= 0.3 is 5.97 Å². The van der Waals surface area contributed by atoms with Crippen molar-refractivity contribution >= 4 is 35.5 Å². The van der Waals surface area contributed by atoms with Gasteiger partial charge < -0.3 is 37.6 Å². The monoisotopic (exact) mass is 511 g/mol. The van der Waals surface area contributed by atoms with E-state index in [-0.39, 0.29) is 18.6 Å². The van der Waals surface area contributed by atoms with Crippen molar-refractivity contribution in [1.82, 2.24) is 16.0 Å². The summed E-state index contributed by atoms with van der Waals surface area (Å²) in [5, 5.41) is 26.3. The number of carboxylic acids is 1. The van der Waals surface area contributed by atoms with E-state index < -0.39 is 47.9 Å². The van der Waals surface area contributed by atoms with Gasteiger partial charge in [0.05, 0.1) is 6.04 Å². The zero-order valence-electron chi connectivity index (χ0n) is 20.2. The molecule has 0 spiro atoms. The fraction of sp³-hybridized carbons (Fsp3) is 0.565. The first kappa shape index (κ1) is 30.2. The van der Waals surface area contributed by atoms with E-state index >= 15 is 0 Å². The molecule has 0 saturated heterocycles. The lowest BCUT2D eigenvalue weighted by Gasteiger charge is -2.25. The number of phenols is 1. The van der Waals surface area contributed by atoms with E-state index in [1.54, 1.807) is 23.9 Å². The normalized spacial score (nSPS) is 14.3. The molecule has 0 aliphatic heterocycles. The van der Waals surface area contributed by atoms with Crippen molar-refractivity contribution < 1.29 is 29.4 Å². The number of aliphatic carboxylic acids is 1. The lowest BCUT2D eigenvalue weighted by Crippen LogP contribution is -2.57. The molecule has 0 aliphatic rings. The van der Waals surface area contributed by atoms with Crippen molar-refractivity contribution in [2.45, 2.75) is 63.2 Å². The SMILES string of the molecule is CSCCC(N)C(=O)NC(Cc1ccc(O)cc1)C(=O)NC(CCCCN)C(=O)NC(C)C(=O)O. The van der Waals surface area contributed by atoms with Crippen LogP contribution in [0.15, 0.2) is 24.3 Å². The van der Waals surface area contributed by atoms with E-state index in [1.807, 2.05) is 6.26 Å². The number of carboxylic acid groups (broad SMARTS) is 1. The third-order valence-electron chi connectivity index (χ3n) is 5.29. The highest BCUT2D eigenvalue weighted by atomic mass is 32.2. The molecule has 0 fully saturated rings. The quantitative estimate of drug-likeness (QED) is 0.146. The highest BCUT2D eigenvalue weighted by molar-refractivity contribution is 7.98. The maximum Gasteiger partial charge on any atom is 0.325 e. The number of nitrogens with one attached hydrogen (secondary N) is 3. The third kappa shape index (κ3) is 11.4. The van der Waals surface area contributed by atoms with Crippen LogP contribution in [0, 0.1) is 0 Å². The van der Waals surface area contributed by atoms with Crippen LogP contribution in [-0.2, 0) is 25.6 Å². The zero-order valence-corrected chi connectivity index (χ0v) is 21.0. The molecule has 4 atom stereocenters. The van der Waals surface area contributed by atoms with Crippen molar-refractivity contribution in [3.63, 3.8) is 0 Å². The first-order valence-corrected chi connectivity index (χ1v) is 12.8. The molecule has 1 rings (SSSR count). The molecule has 0 saturated carbocycles. The van der Waals surface area contributed by atoms with E-state index in [0.29, 0.717) is 37.1 Å². The van der Waals surface area contributed by atoms with Crippen molar-refractivity contribution in [3.8, 4) is 5.75 Å². The van der Waals surface area contributed by atoms with Crippen LogP contribution in [0.25, 0.3) is 0 Å². The van der Waals surface area contributed by atoms with Crippen molar-refractivity contribution in [2.75, 3.05) is 18.6 Å². The van der Waals surface area contributed by atoms with Gasteiger partial charge in [-0.05, 0) is 68.9 Å². The summed E-state index contributed by atoms with van der Waals surface area (Å²) < 4.78 is 0. The molecule has 0 heterocycles. The van der Waals surface area contributed by atoms with Crippen molar-refractivity contribution in [2.24, 2.45) is 11.5 Å². The number of phenolic OH excluding ortho intramolecular Hbond substituents is 1. The molecular formula is C23H37N5O6S. The van der Waals surface area contributed by atoms with Gasteiger partial charge in [-0.25, -0.2) is 0 Å². The van der Waals surface area contributed by atoms with Crippen LogP contribution >= 0.6 is 11.8 Å². The summed E-state index contributed by atoms with van der Waals surface area (Å²) in [4.78, 5) is 49.7. The second-order valence-corrected chi connectivity index (χ2v) is 9.22. The van der Waals surface area contributed by atoms with E-state index in [1.165, 1.54) is 19.1 Å². The van der Waals surface area contributed by atoms with Crippen molar-refractivity contribution in [3.05, 3.63) is 29.8 Å². The summed E-state index contributed by atoms with van der Waals surface area (Å²) in [6.45, 7) is 1.73. The van der Waals surface area contributed by atoms with E-state index in [2.05, 4.69) is 16.0 Å². The minimum Gasteiger partial charge on any atom is -0.508 e. The summed E-state index contributed by atoms with van der Waals surface area (Å²) in [6, 6.07) is 2.16. The number of thioether (sulfide) groups is 1. The van der Waals surface area contributed by atoms with Gasteiger partial charge in [-0.15, -0.1) is 0 Å². The molecule has 3 amide bonds. The minimum absolute atomic E-state index is 0.0575. The summed E-state index contributed by atoms with van der Waals surface area (Å²) >= 11 is 1.55. The number of nitrogens with two attached hydrogens (primary N) is 2. The van der Waals surface area contributed by atoms with Crippen molar-refractivity contribution in [1.29, 1.82) is 0 Å². The predicted octanol–water partition coefficient (Wildman–Crippen LogP) is -0.297. The molecule has 12 heteroatoms. The van der Waals surface area contributed by atoms with Gasteiger partial charge in [0, 0.05) is 6.42 Å². The molecule has 9 N–H and O–H groups in total. The Hall–Kier alpha value is -2.83. The number of carbonyl (C=O) groups is 4. The standard InChI is InChI=1S/C23H37N5O6S/c1-14(23(33)34)26-21(31)18(5-3-4-11-24)27-22(32)19(13-15-6-8-16(29)9-7-15)28-20(30)17(25)10-12-35-2/h6-9,14,17-19,29H,3-5,10-13,24-25H2,1-2H3,(H,26,31)(H,27,32)(H,28,30)(H,33,34). The minimum atomic E-state index is -1.21. The number of amides is 3. The number of hydrogen-bond donors (Lipinski definition) is 7. The number of hydrogen-bond acceptors (Lipinski definition) is 8. The number of unbranched alkanes of at least 4 members (excludes halogenated alkanes) is 1. The Morgan fingerprint density at radius 1 is 0.943 bits per heavy atom. The van der Waals surface area contributed by atoms with E-state index in [9.17, 15) is 24.3 Å². The lowest BCUT2D eigenvalue weighted by molar-refractivity contribution is -0.141. The molecular weight excluding hydrogens is 474 g/mol. The number of benzene rings is 1. The third-order valence-corrected chi connectivity index (χ3v) is 5.93. The fourth-order valence-electron chi connectivity index (χ4n) is 3.14. The molecule has 0 radical (unpaired) electrons. The summed E-state index contributed by atoms with van der Waals surface area (Å²) in [5.41, 5.74) is 12.2. The Balaban J connectivity index is 3.05. The fourth-order valence-corrected chi connectivity index (χ4v) is 3.63. The molecule has 0 bridgehead atoms. The summed E-state index contributed by atoms with van der Waals surface area (Å²) in [7, 11) is 0. The number of aromatic hydroxyl groups is 1. The maximum absolute atomic E-state index is 13.2. The van der Waals surface area contributed by atoms with E-state index in [0.717, 1.165) is 0 Å². The van der Waals surface area contributed by atoms with Crippen LogP contribution < -0.4 is 27.4 Å². The average molecular weight is 512 g/mol. The van der Waals surface area contributed by atoms with Gasteiger partial charge in [-0.3, -0.25) is 19.2 Å². The highest BCUT2D eigenvalue weighted by Crippen LogP contribution is 2.12. The first-order chi connectivity index (χ1) is 16.6. The Kier molecular flexibility index (Phi) is 13.8.